The largest absolute Gasteiger partial charge is 0.490 e. The lowest BCUT2D eigenvalue weighted by atomic mass is 10.1. The van der Waals surface area contributed by atoms with E-state index >= 15 is 0 Å². The molecule has 0 spiro atoms. The summed E-state index contributed by atoms with van der Waals surface area (Å²) in [7, 11) is 0. The zero-order valence-corrected chi connectivity index (χ0v) is 17.3. The molecule has 0 bridgehead atoms. The predicted molar refractivity (Wildman–Crippen MR) is 116 cm³/mol. The third-order valence-electron chi connectivity index (χ3n) is 5.02. The highest BCUT2D eigenvalue weighted by atomic mass is 16.6. The molecule has 1 fully saturated rings. The summed E-state index contributed by atoms with van der Waals surface area (Å²) < 4.78 is 12.0. The van der Waals surface area contributed by atoms with Crippen LogP contribution in [-0.2, 0) is 16.0 Å². The van der Waals surface area contributed by atoms with E-state index in [1.165, 1.54) is 12.3 Å². The first-order valence-electron chi connectivity index (χ1n) is 10.0. The van der Waals surface area contributed by atoms with E-state index in [0.717, 1.165) is 10.1 Å². The van der Waals surface area contributed by atoms with Crippen molar-refractivity contribution in [3.63, 3.8) is 0 Å². The maximum Gasteiger partial charge on any atom is 0.351 e. The van der Waals surface area contributed by atoms with Crippen LogP contribution in [0.2, 0.25) is 0 Å². The number of nitrogens with zero attached hydrogens (tertiary/aromatic N) is 2. The molecule has 1 amide bonds. The van der Waals surface area contributed by atoms with Gasteiger partial charge in [0.05, 0.1) is 6.04 Å². The molecule has 0 radical (unpaired) electrons. The molecule has 2 aromatic rings. The summed E-state index contributed by atoms with van der Waals surface area (Å²) in [5.74, 6) is 0.260. The lowest BCUT2D eigenvalue weighted by Crippen LogP contribution is -2.46. The van der Waals surface area contributed by atoms with Crippen molar-refractivity contribution in [3.8, 4) is 5.75 Å². The summed E-state index contributed by atoms with van der Waals surface area (Å²) in [4.78, 5) is 28.0. The van der Waals surface area contributed by atoms with Crippen LogP contribution < -0.4 is 27.2 Å². The highest BCUT2D eigenvalue weighted by molar-refractivity contribution is 5.81. The molecular weight excluding hydrogens is 418 g/mol. The van der Waals surface area contributed by atoms with Crippen LogP contribution in [0, 0.1) is 0 Å². The van der Waals surface area contributed by atoms with Crippen molar-refractivity contribution in [2.75, 3.05) is 18.9 Å². The van der Waals surface area contributed by atoms with E-state index in [1.54, 1.807) is 18.2 Å². The molecule has 0 aliphatic carbocycles. The number of ether oxygens (including phenoxy) is 2. The van der Waals surface area contributed by atoms with Crippen molar-refractivity contribution in [2.45, 2.75) is 37.0 Å². The maximum atomic E-state index is 12.4. The Labute approximate surface area is 184 Å². The monoisotopic (exact) mass is 445 g/mol. The number of aliphatic hydroxyl groups excluding tert-OH is 2. The van der Waals surface area contributed by atoms with Crippen molar-refractivity contribution in [3.05, 3.63) is 65.2 Å². The van der Waals surface area contributed by atoms with Crippen molar-refractivity contribution in [2.24, 2.45) is 5.73 Å². The Morgan fingerprint density at radius 2 is 2.03 bits per heavy atom. The van der Waals surface area contributed by atoms with Gasteiger partial charge in [-0.1, -0.05) is 24.8 Å². The number of aliphatic hydroxyl groups is 2. The molecule has 11 heteroatoms. The summed E-state index contributed by atoms with van der Waals surface area (Å²) in [6.07, 6.45) is -1.58. The topological polar surface area (TPSA) is 175 Å². The number of nitrogen functional groups attached to an aromatic ring is 1. The second-order valence-electron chi connectivity index (χ2n) is 7.39. The van der Waals surface area contributed by atoms with Crippen LogP contribution in [0.15, 0.2) is 54.0 Å². The number of aromatic nitrogens is 2. The van der Waals surface area contributed by atoms with Gasteiger partial charge in [0.2, 0.25) is 5.91 Å². The molecule has 0 saturated carbocycles. The molecule has 11 nitrogen and oxygen atoms in total. The number of amides is 1. The normalized spacial score (nSPS) is 23.5. The van der Waals surface area contributed by atoms with E-state index in [1.807, 2.05) is 12.1 Å². The number of carbonyl (C=O) groups is 1. The van der Waals surface area contributed by atoms with E-state index in [4.69, 9.17) is 20.9 Å². The Balaban J connectivity index is 1.53. The van der Waals surface area contributed by atoms with Gasteiger partial charge in [-0.05, 0) is 30.2 Å². The van der Waals surface area contributed by atoms with E-state index in [-0.39, 0.29) is 12.4 Å². The molecule has 7 N–H and O–H groups in total. The van der Waals surface area contributed by atoms with Crippen LogP contribution in [0.1, 0.15) is 11.8 Å². The SMILES string of the molecule is C=CCOc1ccc(C[C@H](N)C(=O)NC[C@H]2O[C@@H](n3ccc(N)nc3=O)[C@H](O)[C@@H]2O)cc1. The summed E-state index contributed by atoms with van der Waals surface area (Å²) in [5, 5.41) is 23.2. The maximum absolute atomic E-state index is 12.4. The van der Waals surface area contributed by atoms with Crippen LogP contribution in [0.3, 0.4) is 0 Å². The van der Waals surface area contributed by atoms with Gasteiger partial charge in [-0.2, -0.15) is 4.98 Å². The summed E-state index contributed by atoms with van der Waals surface area (Å²) in [5.41, 5.74) is 11.6. The first-order valence-corrected chi connectivity index (χ1v) is 10.0. The molecule has 2 heterocycles. The zero-order valence-electron chi connectivity index (χ0n) is 17.3. The Hall–Kier alpha value is -3.25. The summed E-state index contributed by atoms with van der Waals surface area (Å²) in [6.45, 7) is 3.88. The Morgan fingerprint density at radius 3 is 2.69 bits per heavy atom. The number of hydrogen-bond acceptors (Lipinski definition) is 9. The lowest BCUT2D eigenvalue weighted by molar-refractivity contribution is -0.123. The van der Waals surface area contributed by atoms with Crippen molar-refractivity contribution < 1.29 is 24.5 Å². The first kappa shape index (κ1) is 23.4. The van der Waals surface area contributed by atoms with Gasteiger partial charge in [0.1, 0.15) is 36.5 Å². The smallest absolute Gasteiger partial charge is 0.351 e. The molecule has 1 aliphatic heterocycles. The van der Waals surface area contributed by atoms with E-state index < -0.39 is 42.2 Å². The average Bonchev–Trinajstić information content (AvgIpc) is 3.05. The Kier molecular flexibility index (Phi) is 7.59. The number of anilines is 1. The van der Waals surface area contributed by atoms with Crippen LogP contribution in [0.25, 0.3) is 0 Å². The number of hydrogen-bond donors (Lipinski definition) is 5. The standard InChI is InChI=1S/C21H27N5O6/c1-2-9-31-13-5-3-12(4-6-13)10-14(22)19(29)24-11-15-17(27)18(28)20(32-15)26-8-7-16(23)25-21(26)30/h2-8,14-15,17-18,20,27-28H,1,9-11,22H2,(H,24,29)(H2,23,25,30)/t14-,15+,17+,18+,20+/m0/s1. The number of carbonyl (C=O) groups excluding carboxylic acids is 1. The van der Waals surface area contributed by atoms with Gasteiger partial charge < -0.3 is 36.5 Å². The predicted octanol–water partition coefficient (Wildman–Crippen LogP) is -1.30. The van der Waals surface area contributed by atoms with Crippen molar-refractivity contribution in [1.82, 2.24) is 14.9 Å². The third-order valence-corrected chi connectivity index (χ3v) is 5.02. The minimum absolute atomic E-state index is 0.0241. The third kappa shape index (κ3) is 5.51. The van der Waals surface area contributed by atoms with Crippen LogP contribution in [0.4, 0.5) is 5.82 Å². The Bertz CT molecular complexity index is 995. The van der Waals surface area contributed by atoms with Crippen LogP contribution in [0.5, 0.6) is 5.75 Å². The number of rotatable bonds is 9. The van der Waals surface area contributed by atoms with Crippen molar-refractivity contribution >= 4 is 11.7 Å². The molecule has 172 valence electrons. The summed E-state index contributed by atoms with van der Waals surface area (Å²) in [6, 6.07) is 7.72. The number of benzene rings is 1. The molecule has 0 unspecified atom stereocenters. The van der Waals surface area contributed by atoms with Gasteiger partial charge in [-0.15, -0.1) is 0 Å². The summed E-state index contributed by atoms with van der Waals surface area (Å²) >= 11 is 0. The molecule has 5 atom stereocenters. The van der Waals surface area contributed by atoms with Gasteiger partial charge in [-0.3, -0.25) is 9.36 Å². The fourth-order valence-corrected chi connectivity index (χ4v) is 3.30. The van der Waals surface area contributed by atoms with E-state index in [9.17, 15) is 19.8 Å². The highest BCUT2D eigenvalue weighted by Gasteiger charge is 2.44. The van der Waals surface area contributed by atoms with Gasteiger partial charge in [-0.25, -0.2) is 4.79 Å². The second kappa shape index (κ2) is 10.4. The van der Waals surface area contributed by atoms with Gasteiger partial charge >= 0.3 is 5.69 Å². The molecule has 3 rings (SSSR count). The minimum atomic E-state index is -1.39. The molecule has 1 aromatic heterocycles. The van der Waals surface area contributed by atoms with Crippen LogP contribution in [-0.4, -0.2) is 63.2 Å². The minimum Gasteiger partial charge on any atom is -0.490 e. The quantitative estimate of drug-likeness (QED) is 0.294. The number of nitrogens with two attached hydrogens (primary N) is 2. The Morgan fingerprint density at radius 1 is 1.31 bits per heavy atom. The molecular formula is C21H27N5O6. The molecule has 32 heavy (non-hydrogen) atoms. The van der Waals surface area contributed by atoms with Gasteiger partial charge in [0.25, 0.3) is 0 Å². The fourth-order valence-electron chi connectivity index (χ4n) is 3.30. The highest BCUT2D eigenvalue weighted by Crippen LogP contribution is 2.28. The number of nitrogens with one attached hydrogen (secondary N) is 1. The molecule has 1 aliphatic rings. The first-order chi connectivity index (χ1) is 15.3. The second-order valence-corrected chi connectivity index (χ2v) is 7.39. The zero-order chi connectivity index (χ0) is 23.3. The van der Waals surface area contributed by atoms with Crippen LogP contribution >= 0.6 is 0 Å². The van der Waals surface area contributed by atoms with Gasteiger partial charge in [0, 0.05) is 12.7 Å². The van der Waals surface area contributed by atoms with E-state index in [2.05, 4.69) is 16.9 Å². The van der Waals surface area contributed by atoms with E-state index in [0.29, 0.717) is 18.8 Å². The van der Waals surface area contributed by atoms with Crippen molar-refractivity contribution in [1.29, 1.82) is 0 Å². The molecule has 1 saturated heterocycles. The lowest BCUT2D eigenvalue weighted by Gasteiger charge is -2.18. The average molecular weight is 445 g/mol. The fraction of sp³-hybridized carbons (Fsp3) is 0.381. The van der Waals surface area contributed by atoms with Gasteiger partial charge in [0.15, 0.2) is 6.23 Å². The molecule has 1 aromatic carbocycles.